The molecule has 0 aliphatic rings. The second-order valence-corrected chi connectivity index (χ2v) is 4.46. The van der Waals surface area contributed by atoms with Crippen LogP contribution in [-0.2, 0) is 5.33 Å². The van der Waals surface area contributed by atoms with Gasteiger partial charge in [0.25, 0.3) is 0 Å². The Labute approximate surface area is 113 Å². The van der Waals surface area contributed by atoms with Crippen LogP contribution in [0.15, 0.2) is 36.4 Å². The Kier molecular flexibility index (Phi) is 3.97. The molecule has 0 bridgehead atoms. The van der Waals surface area contributed by atoms with Gasteiger partial charge in [-0.25, -0.2) is 8.78 Å². The third kappa shape index (κ3) is 2.70. The average molecular weight is 313 g/mol. The van der Waals surface area contributed by atoms with Gasteiger partial charge in [0.15, 0.2) is 23.1 Å². The molecular formula is C14H11BrF2O. The van der Waals surface area contributed by atoms with E-state index in [1.807, 2.05) is 6.92 Å². The Morgan fingerprint density at radius 3 is 2.61 bits per heavy atom. The molecule has 0 heterocycles. The Morgan fingerprint density at radius 2 is 1.89 bits per heavy atom. The molecular weight excluding hydrogens is 302 g/mol. The van der Waals surface area contributed by atoms with Crippen molar-refractivity contribution in [3.63, 3.8) is 0 Å². The topological polar surface area (TPSA) is 9.23 Å². The van der Waals surface area contributed by atoms with Crippen LogP contribution in [0.1, 0.15) is 11.1 Å². The summed E-state index contributed by atoms with van der Waals surface area (Å²) in [6, 6.07) is 9.08. The van der Waals surface area contributed by atoms with Crippen LogP contribution in [0.25, 0.3) is 0 Å². The molecule has 0 unspecified atom stereocenters. The van der Waals surface area contributed by atoms with Crippen molar-refractivity contribution in [1.29, 1.82) is 0 Å². The lowest BCUT2D eigenvalue weighted by Crippen LogP contribution is -1.95. The molecule has 94 valence electrons. The van der Waals surface area contributed by atoms with Crippen molar-refractivity contribution in [2.24, 2.45) is 0 Å². The molecule has 0 fully saturated rings. The third-order valence-electron chi connectivity index (χ3n) is 2.49. The van der Waals surface area contributed by atoms with Crippen LogP contribution in [0.4, 0.5) is 8.78 Å². The fourth-order valence-corrected chi connectivity index (χ4v) is 2.01. The Balaban J connectivity index is 2.42. The van der Waals surface area contributed by atoms with E-state index >= 15 is 0 Å². The Morgan fingerprint density at radius 1 is 1.11 bits per heavy atom. The molecule has 0 aliphatic heterocycles. The molecule has 0 aliphatic carbocycles. The van der Waals surface area contributed by atoms with Crippen molar-refractivity contribution < 1.29 is 13.5 Å². The highest BCUT2D eigenvalue weighted by atomic mass is 79.9. The van der Waals surface area contributed by atoms with Crippen LogP contribution < -0.4 is 4.74 Å². The van der Waals surface area contributed by atoms with Gasteiger partial charge in [-0.05, 0) is 30.7 Å². The highest BCUT2D eigenvalue weighted by molar-refractivity contribution is 9.08. The highest BCUT2D eigenvalue weighted by Gasteiger charge is 2.12. The number of benzene rings is 2. The lowest BCUT2D eigenvalue weighted by atomic mass is 10.2. The van der Waals surface area contributed by atoms with Crippen molar-refractivity contribution in [2.75, 3.05) is 0 Å². The van der Waals surface area contributed by atoms with Crippen molar-refractivity contribution >= 4 is 15.9 Å². The van der Waals surface area contributed by atoms with Crippen LogP contribution in [0.3, 0.4) is 0 Å². The number of halogens is 3. The minimum Gasteiger partial charge on any atom is -0.451 e. The third-order valence-corrected chi connectivity index (χ3v) is 3.10. The van der Waals surface area contributed by atoms with E-state index in [-0.39, 0.29) is 11.5 Å². The zero-order valence-corrected chi connectivity index (χ0v) is 11.3. The van der Waals surface area contributed by atoms with Crippen molar-refractivity contribution in [3.05, 3.63) is 59.2 Å². The number of para-hydroxylation sites is 1. The van der Waals surface area contributed by atoms with Gasteiger partial charge in [0.1, 0.15) is 0 Å². The number of aryl methyl sites for hydroxylation is 1. The standard InChI is InChI=1S/C14H11BrF2O/c1-9-5-6-11(16)13(7-9)18-14-10(8-15)3-2-4-12(14)17/h2-7H,8H2,1H3. The van der Waals surface area contributed by atoms with Crippen molar-refractivity contribution in [1.82, 2.24) is 0 Å². The van der Waals surface area contributed by atoms with Gasteiger partial charge < -0.3 is 4.74 Å². The SMILES string of the molecule is Cc1ccc(F)c(Oc2c(F)cccc2CBr)c1. The molecule has 2 aromatic rings. The predicted octanol–water partition coefficient (Wildman–Crippen LogP) is 4.96. The van der Waals surface area contributed by atoms with Gasteiger partial charge >= 0.3 is 0 Å². The molecule has 0 N–H and O–H groups in total. The molecule has 0 saturated heterocycles. The molecule has 0 atom stereocenters. The normalized spacial score (nSPS) is 10.4. The smallest absolute Gasteiger partial charge is 0.167 e. The minimum absolute atomic E-state index is 0.0299. The summed E-state index contributed by atoms with van der Waals surface area (Å²) >= 11 is 3.25. The summed E-state index contributed by atoms with van der Waals surface area (Å²) in [5.74, 6) is -0.932. The molecule has 0 radical (unpaired) electrons. The van der Waals surface area contributed by atoms with Gasteiger partial charge in [0.05, 0.1) is 0 Å². The number of ether oxygens (including phenoxy) is 1. The fourth-order valence-electron chi connectivity index (χ4n) is 1.57. The molecule has 0 saturated carbocycles. The number of hydrogen-bond donors (Lipinski definition) is 0. The van der Waals surface area contributed by atoms with E-state index in [2.05, 4.69) is 15.9 Å². The maximum atomic E-state index is 13.7. The van der Waals surface area contributed by atoms with Crippen LogP contribution in [-0.4, -0.2) is 0 Å². The van der Waals surface area contributed by atoms with E-state index < -0.39 is 11.6 Å². The summed E-state index contributed by atoms with van der Waals surface area (Å²) in [4.78, 5) is 0. The quantitative estimate of drug-likeness (QED) is 0.728. The molecule has 1 nitrogen and oxygen atoms in total. The molecule has 2 aromatic carbocycles. The molecule has 4 heteroatoms. The van der Waals surface area contributed by atoms with E-state index in [1.165, 1.54) is 12.1 Å². The van der Waals surface area contributed by atoms with E-state index in [4.69, 9.17) is 4.74 Å². The van der Waals surface area contributed by atoms with Crippen molar-refractivity contribution in [3.8, 4) is 11.5 Å². The van der Waals surface area contributed by atoms with E-state index in [0.29, 0.717) is 10.9 Å². The van der Waals surface area contributed by atoms with Crippen LogP contribution in [0.2, 0.25) is 0 Å². The molecule has 0 aromatic heterocycles. The molecule has 2 rings (SSSR count). The molecule has 0 amide bonds. The van der Waals surface area contributed by atoms with E-state index in [9.17, 15) is 8.78 Å². The van der Waals surface area contributed by atoms with Gasteiger partial charge in [0, 0.05) is 10.9 Å². The summed E-state index contributed by atoms with van der Waals surface area (Å²) in [5, 5.41) is 0.438. The lowest BCUT2D eigenvalue weighted by molar-refractivity contribution is 0.411. The summed E-state index contributed by atoms with van der Waals surface area (Å²) in [6.45, 7) is 1.82. The summed E-state index contributed by atoms with van der Waals surface area (Å²) in [7, 11) is 0. The summed E-state index contributed by atoms with van der Waals surface area (Å²) in [6.07, 6.45) is 0. The Hall–Kier alpha value is -1.42. The maximum absolute atomic E-state index is 13.7. The van der Waals surface area contributed by atoms with E-state index in [0.717, 1.165) is 5.56 Å². The molecule has 0 spiro atoms. The summed E-state index contributed by atoms with van der Waals surface area (Å²) < 4.78 is 32.6. The zero-order chi connectivity index (χ0) is 13.1. The van der Waals surface area contributed by atoms with E-state index in [1.54, 1.807) is 24.3 Å². The van der Waals surface area contributed by atoms with Gasteiger partial charge in [-0.2, -0.15) is 0 Å². The average Bonchev–Trinajstić information content (AvgIpc) is 2.36. The number of hydrogen-bond acceptors (Lipinski definition) is 1. The first-order valence-corrected chi connectivity index (χ1v) is 6.51. The van der Waals surface area contributed by atoms with Gasteiger partial charge in [-0.3, -0.25) is 0 Å². The second kappa shape index (κ2) is 5.48. The van der Waals surface area contributed by atoms with Gasteiger partial charge in [-0.1, -0.05) is 34.1 Å². The van der Waals surface area contributed by atoms with Crippen LogP contribution in [0, 0.1) is 18.6 Å². The minimum atomic E-state index is -0.510. The van der Waals surface area contributed by atoms with Crippen LogP contribution >= 0.6 is 15.9 Å². The first-order chi connectivity index (χ1) is 8.61. The summed E-state index contributed by atoms with van der Waals surface area (Å²) in [5.41, 5.74) is 1.49. The maximum Gasteiger partial charge on any atom is 0.167 e. The van der Waals surface area contributed by atoms with Gasteiger partial charge in [0.2, 0.25) is 0 Å². The largest absolute Gasteiger partial charge is 0.451 e. The zero-order valence-electron chi connectivity index (χ0n) is 9.71. The highest BCUT2D eigenvalue weighted by Crippen LogP contribution is 2.31. The number of rotatable bonds is 3. The van der Waals surface area contributed by atoms with Crippen molar-refractivity contribution in [2.45, 2.75) is 12.3 Å². The number of alkyl halides is 1. The second-order valence-electron chi connectivity index (χ2n) is 3.90. The van der Waals surface area contributed by atoms with Crippen LogP contribution in [0.5, 0.6) is 11.5 Å². The fraction of sp³-hybridized carbons (Fsp3) is 0.143. The first kappa shape index (κ1) is 13.0. The first-order valence-electron chi connectivity index (χ1n) is 5.39. The predicted molar refractivity (Wildman–Crippen MR) is 70.2 cm³/mol. The lowest BCUT2D eigenvalue weighted by Gasteiger charge is -2.11. The Bertz CT molecular complexity index is 570. The monoisotopic (exact) mass is 312 g/mol. The van der Waals surface area contributed by atoms with Gasteiger partial charge in [-0.15, -0.1) is 0 Å². The molecule has 18 heavy (non-hydrogen) atoms.